The van der Waals surface area contributed by atoms with Crippen molar-refractivity contribution in [3.8, 4) is 11.3 Å². The van der Waals surface area contributed by atoms with E-state index in [0.717, 1.165) is 11.3 Å². The van der Waals surface area contributed by atoms with Crippen LogP contribution in [0.25, 0.3) is 16.9 Å². The van der Waals surface area contributed by atoms with Crippen LogP contribution in [0.5, 0.6) is 0 Å². The van der Waals surface area contributed by atoms with Crippen LogP contribution < -0.4 is 0 Å². The van der Waals surface area contributed by atoms with Gasteiger partial charge in [-0.25, -0.2) is 9.78 Å². The van der Waals surface area contributed by atoms with Gasteiger partial charge in [-0.05, 0) is 23.1 Å². The third kappa shape index (κ3) is 2.48. The fourth-order valence-electron chi connectivity index (χ4n) is 2.46. The minimum absolute atomic E-state index is 0.105. The fourth-order valence-corrected chi connectivity index (χ4v) is 2.46. The third-order valence-corrected chi connectivity index (χ3v) is 3.76. The first-order valence-corrected chi connectivity index (χ1v) is 7.18. The van der Waals surface area contributed by atoms with Crippen molar-refractivity contribution in [1.29, 1.82) is 0 Å². The van der Waals surface area contributed by atoms with Gasteiger partial charge in [0.2, 0.25) is 0 Å². The molecule has 0 spiro atoms. The lowest BCUT2D eigenvalue weighted by atomic mass is 9.86. The van der Waals surface area contributed by atoms with Crippen molar-refractivity contribution in [2.75, 3.05) is 0 Å². The van der Waals surface area contributed by atoms with Crippen LogP contribution in [0.3, 0.4) is 0 Å². The smallest absolute Gasteiger partial charge is 0.339 e. The van der Waals surface area contributed by atoms with Gasteiger partial charge < -0.3 is 9.51 Å². The highest BCUT2D eigenvalue weighted by molar-refractivity contribution is 5.94. The van der Waals surface area contributed by atoms with E-state index in [1.54, 1.807) is 16.5 Å². The topological polar surface area (TPSA) is 54.6 Å². The quantitative estimate of drug-likeness (QED) is 0.777. The van der Waals surface area contributed by atoms with Gasteiger partial charge in [0.15, 0.2) is 5.65 Å². The number of hydrogen-bond donors (Lipinski definition) is 1. The summed E-state index contributed by atoms with van der Waals surface area (Å²) in [7, 11) is 0. The summed E-state index contributed by atoms with van der Waals surface area (Å²) >= 11 is 0. The molecule has 22 heavy (non-hydrogen) atoms. The lowest BCUT2D eigenvalue weighted by Crippen LogP contribution is -2.10. The number of rotatable bonds is 2. The van der Waals surface area contributed by atoms with E-state index in [2.05, 4.69) is 37.9 Å². The molecule has 0 fully saturated rings. The Morgan fingerprint density at radius 1 is 1.14 bits per heavy atom. The Hall–Kier alpha value is -2.62. The Bertz CT molecular complexity index is 840. The largest absolute Gasteiger partial charge is 0.478 e. The number of imidazole rings is 1. The van der Waals surface area contributed by atoms with E-state index in [1.807, 2.05) is 24.5 Å². The molecule has 1 N–H and O–H groups in total. The van der Waals surface area contributed by atoms with E-state index in [1.165, 1.54) is 5.56 Å². The Balaban J connectivity index is 2.07. The van der Waals surface area contributed by atoms with Gasteiger partial charge in [0.05, 0.1) is 5.69 Å². The maximum atomic E-state index is 11.3. The van der Waals surface area contributed by atoms with Crippen LogP contribution in [0.2, 0.25) is 0 Å². The molecule has 0 radical (unpaired) electrons. The van der Waals surface area contributed by atoms with Crippen molar-refractivity contribution in [3.05, 3.63) is 59.9 Å². The van der Waals surface area contributed by atoms with Crippen LogP contribution in [-0.4, -0.2) is 20.5 Å². The molecule has 0 aliphatic carbocycles. The molecule has 0 unspecified atom stereocenters. The first-order valence-electron chi connectivity index (χ1n) is 7.18. The van der Waals surface area contributed by atoms with E-state index >= 15 is 0 Å². The molecule has 4 nitrogen and oxygen atoms in total. The first-order chi connectivity index (χ1) is 10.4. The Labute approximate surface area is 129 Å². The van der Waals surface area contributed by atoms with Gasteiger partial charge in [-0.1, -0.05) is 45.0 Å². The third-order valence-electron chi connectivity index (χ3n) is 3.76. The lowest BCUT2D eigenvalue weighted by Gasteiger charge is -2.18. The SMILES string of the molecule is CC(C)(C)c1ccc(-c2cn3cccc(C(=O)O)c3n2)cc1. The van der Waals surface area contributed by atoms with E-state index < -0.39 is 5.97 Å². The maximum Gasteiger partial charge on any atom is 0.339 e. The molecule has 3 rings (SSSR count). The number of carbonyl (C=O) groups is 1. The number of hydrogen-bond acceptors (Lipinski definition) is 2. The van der Waals surface area contributed by atoms with E-state index in [-0.39, 0.29) is 11.0 Å². The summed E-state index contributed by atoms with van der Waals surface area (Å²) < 4.78 is 1.75. The zero-order valence-corrected chi connectivity index (χ0v) is 12.9. The van der Waals surface area contributed by atoms with Crippen LogP contribution in [0.1, 0.15) is 36.7 Å². The van der Waals surface area contributed by atoms with Gasteiger partial charge in [0.25, 0.3) is 0 Å². The van der Waals surface area contributed by atoms with Crippen molar-refractivity contribution in [3.63, 3.8) is 0 Å². The van der Waals surface area contributed by atoms with Crippen molar-refractivity contribution in [1.82, 2.24) is 9.38 Å². The predicted octanol–water partition coefficient (Wildman–Crippen LogP) is 4.00. The average molecular weight is 294 g/mol. The van der Waals surface area contributed by atoms with Gasteiger partial charge in [-0.2, -0.15) is 0 Å². The second-order valence-corrected chi connectivity index (χ2v) is 6.41. The van der Waals surface area contributed by atoms with Crippen molar-refractivity contribution < 1.29 is 9.90 Å². The standard InChI is InChI=1S/C18H18N2O2/c1-18(2,3)13-8-6-12(7-9-13)15-11-20-10-4-5-14(17(21)22)16(20)19-15/h4-11H,1-3H3,(H,21,22). The molecule has 112 valence electrons. The molecule has 0 bridgehead atoms. The molecular formula is C18H18N2O2. The number of aromatic carboxylic acids is 1. The molecule has 0 amide bonds. The molecule has 3 aromatic rings. The minimum atomic E-state index is -0.967. The first kappa shape index (κ1) is 14.3. The van der Waals surface area contributed by atoms with Crippen LogP contribution in [-0.2, 0) is 5.41 Å². The number of aromatic nitrogens is 2. The summed E-state index contributed by atoms with van der Waals surface area (Å²) in [6, 6.07) is 11.5. The predicted molar refractivity (Wildman–Crippen MR) is 86.3 cm³/mol. The van der Waals surface area contributed by atoms with Crippen molar-refractivity contribution in [2.24, 2.45) is 0 Å². The van der Waals surface area contributed by atoms with Gasteiger partial charge in [-0.15, -0.1) is 0 Å². The normalized spacial score (nSPS) is 11.8. The highest BCUT2D eigenvalue weighted by Crippen LogP contribution is 2.26. The highest BCUT2D eigenvalue weighted by atomic mass is 16.4. The van der Waals surface area contributed by atoms with Crippen LogP contribution in [0, 0.1) is 0 Å². The zero-order valence-electron chi connectivity index (χ0n) is 12.9. The zero-order chi connectivity index (χ0) is 15.9. The molecule has 1 aromatic carbocycles. The number of benzene rings is 1. The van der Waals surface area contributed by atoms with Crippen molar-refractivity contribution in [2.45, 2.75) is 26.2 Å². The number of pyridine rings is 1. The van der Waals surface area contributed by atoms with Crippen LogP contribution in [0.4, 0.5) is 0 Å². The molecule has 2 heterocycles. The van der Waals surface area contributed by atoms with E-state index in [0.29, 0.717) is 5.65 Å². The van der Waals surface area contributed by atoms with E-state index in [9.17, 15) is 9.90 Å². The summed E-state index contributed by atoms with van der Waals surface area (Å²) in [6.45, 7) is 6.52. The summed E-state index contributed by atoms with van der Waals surface area (Å²) in [5, 5.41) is 9.24. The maximum absolute atomic E-state index is 11.3. The minimum Gasteiger partial charge on any atom is -0.478 e. The molecule has 0 saturated heterocycles. The Morgan fingerprint density at radius 3 is 2.41 bits per heavy atom. The summed E-state index contributed by atoms with van der Waals surface area (Å²) in [6.07, 6.45) is 3.66. The molecule has 0 atom stereocenters. The monoisotopic (exact) mass is 294 g/mol. The molecule has 0 aliphatic heterocycles. The van der Waals surface area contributed by atoms with Crippen LogP contribution in [0.15, 0.2) is 48.8 Å². The summed E-state index contributed by atoms with van der Waals surface area (Å²) in [5.74, 6) is -0.967. The van der Waals surface area contributed by atoms with Crippen LogP contribution >= 0.6 is 0 Å². The van der Waals surface area contributed by atoms with Gasteiger partial charge in [-0.3, -0.25) is 0 Å². The second kappa shape index (κ2) is 4.98. The number of carboxylic acid groups (broad SMARTS) is 1. The highest BCUT2D eigenvalue weighted by Gasteiger charge is 2.15. The lowest BCUT2D eigenvalue weighted by molar-refractivity contribution is 0.0698. The molecule has 0 aliphatic rings. The molecule has 4 heteroatoms. The molecular weight excluding hydrogens is 276 g/mol. The van der Waals surface area contributed by atoms with E-state index in [4.69, 9.17) is 0 Å². The fraction of sp³-hybridized carbons (Fsp3) is 0.222. The Morgan fingerprint density at radius 2 is 1.82 bits per heavy atom. The number of carboxylic acids is 1. The van der Waals surface area contributed by atoms with Gasteiger partial charge >= 0.3 is 5.97 Å². The van der Waals surface area contributed by atoms with Gasteiger partial charge in [0, 0.05) is 18.0 Å². The summed E-state index contributed by atoms with van der Waals surface area (Å²) in [4.78, 5) is 15.7. The Kier molecular flexibility index (Phi) is 3.24. The number of fused-ring (bicyclic) bond motifs is 1. The van der Waals surface area contributed by atoms with Crippen molar-refractivity contribution >= 4 is 11.6 Å². The average Bonchev–Trinajstić information content (AvgIpc) is 2.90. The molecule has 0 saturated carbocycles. The molecule has 2 aromatic heterocycles. The second-order valence-electron chi connectivity index (χ2n) is 6.41. The number of nitrogens with zero attached hydrogens (tertiary/aromatic N) is 2. The summed E-state index contributed by atoms with van der Waals surface area (Å²) in [5.41, 5.74) is 3.78. The van der Waals surface area contributed by atoms with Gasteiger partial charge in [0.1, 0.15) is 5.56 Å².